The zero-order chi connectivity index (χ0) is 16.1. The predicted octanol–water partition coefficient (Wildman–Crippen LogP) is 4.14. The van der Waals surface area contributed by atoms with E-state index < -0.39 is 0 Å². The molecule has 1 N–H and O–H groups in total. The van der Waals surface area contributed by atoms with Crippen molar-refractivity contribution in [1.82, 2.24) is 5.32 Å². The molecule has 0 radical (unpaired) electrons. The third kappa shape index (κ3) is 4.39. The SMILES string of the molecule is Clc1ccc(C2CNCCOC2COc2ccccc2)cc1Cl. The molecule has 0 bridgehead atoms. The minimum atomic E-state index is -0.0394. The molecule has 122 valence electrons. The van der Waals surface area contributed by atoms with Crippen LogP contribution in [0.1, 0.15) is 11.5 Å². The Morgan fingerprint density at radius 3 is 2.70 bits per heavy atom. The van der Waals surface area contributed by atoms with E-state index in [1.54, 1.807) is 0 Å². The van der Waals surface area contributed by atoms with Gasteiger partial charge in [-0.15, -0.1) is 0 Å². The van der Waals surface area contributed by atoms with E-state index >= 15 is 0 Å². The highest BCUT2D eigenvalue weighted by Crippen LogP contribution is 2.30. The quantitative estimate of drug-likeness (QED) is 0.897. The largest absolute Gasteiger partial charge is 0.491 e. The summed E-state index contributed by atoms with van der Waals surface area (Å²) in [4.78, 5) is 0. The molecule has 0 spiro atoms. The highest BCUT2D eigenvalue weighted by Gasteiger charge is 2.27. The summed E-state index contributed by atoms with van der Waals surface area (Å²) >= 11 is 12.2. The molecule has 5 heteroatoms. The van der Waals surface area contributed by atoms with Gasteiger partial charge in [-0.3, -0.25) is 0 Å². The van der Waals surface area contributed by atoms with Gasteiger partial charge < -0.3 is 14.8 Å². The van der Waals surface area contributed by atoms with Crippen molar-refractivity contribution < 1.29 is 9.47 Å². The third-order valence-corrected chi connectivity index (χ3v) is 4.69. The number of halogens is 2. The Hall–Kier alpha value is -1.26. The van der Waals surface area contributed by atoms with Gasteiger partial charge in [0.1, 0.15) is 12.4 Å². The van der Waals surface area contributed by atoms with Gasteiger partial charge in [-0.2, -0.15) is 0 Å². The van der Waals surface area contributed by atoms with E-state index in [9.17, 15) is 0 Å². The monoisotopic (exact) mass is 351 g/mol. The number of nitrogens with one attached hydrogen (secondary N) is 1. The van der Waals surface area contributed by atoms with Crippen molar-refractivity contribution in [2.75, 3.05) is 26.3 Å². The molecule has 0 aromatic heterocycles. The van der Waals surface area contributed by atoms with Crippen LogP contribution in [0.3, 0.4) is 0 Å². The molecule has 1 fully saturated rings. The van der Waals surface area contributed by atoms with Gasteiger partial charge in [-0.1, -0.05) is 47.5 Å². The van der Waals surface area contributed by atoms with Crippen molar-refractivity contribution in [3.05, 3.63) is 64.1 Å². The zero-order valence-electron chi connectivity index (χ0n) is 12.7. The van der Waals surface area contributed by atoms with Gasteiger partial charge >= 0.3 is 0 Å². The predicted molar refractivity (Wildman–Crippen MR) is 93.7 cm³/mol. The second-order valence-corrected chi connectivity index (χ2v) is 6.33. The molecule has 3 nitrogen and oxygen atoms in total. The van der Waals surface area contributed by atoms with Gasteiger partial charge in [-0.05, 0) is 29.8 Å². The van der Waals surface area contributed by atoms with Crippen LogP contribution in [0.2, 0.25) is 10.0 Å². The number of hydrogen-bond donors (Lipinski definition) is 1. The van der Waals surface area contributed by atoms with Crippen LogP contribution < -0.4 is 10.1 Å². The molecule has 1 saturated heterocycles. The number of benzene rings is 2. The lowest BCUT2D eigenvalue weighted by Crippen LogP contribution is -2.31. The zero-order valence-corrected chi connectivity index (χ0v) is 14.2. The fourth-order valence-electron chi connectivity index (χ4n) is 2.72. The highest BCUT2D eigenvalue weighted by atomic mass is 35.5. The van der Waals surface area contributed by atoms with Gasteiger partial charge in [0.25, 0.3) is 0 Å². The van der Waals surface area contributed by atoms with Crippen LogP contribution in [-0.2, 0) is 4.74 Å². The van der Waals surface area contributed by atoms with Crippen LogP contribution in [0, 0.1) is 0 Å². The summed E-state index contributed by atoms with van der Waals surface area (Å²) in [5.74, 6) is 1.01. The molecule has 1 aliphatic rings. The second-order valence-electron chi connectivity index (χ2n) is 5.52. The maximum absolute atomic E-state index is 6.17. The van der Waals surface area contributed by atoms with Crippen molar-refractivity contribution in [1.29, 1.82) is 0 Å². The lowest BCUT2D eigenvalue weighted by Gasteiger charge is -2.25. The first-order chi connectivity index (χ1) is 11.2. The van der Waals surface area contributed by atoms with E-state index in [4.69, 9.17) is 32.7 Å². The smallest absolute Gasteiger partial charge is 0.119 e. The minimum absolute atomic E-state index is 0.0394. The first-order valence-electron chi connectivity index (χ1n) is 7.69. The highest BCUT2D eigenvalue weighted by molar-refractivity contribution is 6.42. The minimum Gasteiger partial charge on any atom is -0.491 e. The Balaban J connectivity index is 1.75. The van der Waals surface area contributed by atoms with Crippen LogP contribution >= 0.6 is 23.2 Å². The van der Waals surface area contributed by atoms with E-state index in [0.29, 0.717) is 23.3 Å². The summed E-state index contributed by atoms with van der Waals surface area (Å²) in [7, 11) is 0. The lowest BCUT2D eigenvalue weighted by atomic mass is 9.93. The van der Waals surface area contributed by atoms with Crippen LogP contribution in [0.15, 0.2) is 48.5 Å². The molecule has 0 amide bonds. The summed E-state index contributed by atoms with van der Waals surface area (Å²) in [5, 5.41) is 4.53. The molecular formula is C18H19Cl2NO2. The van der Waals surface area contributed by atoms with Gasteiger partial charge in [-0.25, -0.2) is 0 Å². The first-order valence-corrected chi connectivity index (χ1v) is 8.45. The fourth-order valence-corrected chi connectivity index (χ4v) is 3.03. The van der Waals surface area contributed by atoms with Crippen LogP contribution in [-0.4, -0.2) is 32.4 Å². The van der Waals surface area contributed by atoms with Crippen LogP contribution in [0.5, 0.6) is 5.75 Å². The Bertz CT molecular complexity index is 636. The molecule has 2 atom stereocenters. The Kier molecular flexibility index (Phi) is 5.79. The van der Waals surface area contributed by atoms with Gasteiger partial charge in [0.05, 0.1) is 22.8 Å². The average molecular weight is 352 g/mol. The maximum Gasteiger partial charge on any atom is 0.119 e. The molecule has 2 aromatic carbocycles. The molecule has 2 aromatic rings. The number of ether oxygens (including phenoxy) is 2. The summed E-state index contributed by atoms with van der Waals surface area (Å²) in [6.07, 6.45) is -0.0394. The molecule has 2 unspecified atom stereocenters. The van der Waals surface area contributed by atoms with Crippen molar-refractivity contribution in [3.63, 3.8) is 0 Å². The summed E-state index contributed by atoms with van der Waals surface area (Å²) in [5.41, 5.74) is 1.11. The summed E-state index contributed by atoms with van der Waals surface area (Å²) in [6, 6.07) is 15.5. The Morgan fingerprint density at radius 2 is 1.91 bits per heavy atom. The van der Waals surface area contributed by atoms with E-state index in [1.807, 2.05) is 48.5 Å². The van der Waals surface area contributed by atoms with Crippen molar-refractivity contribution in [2.45, 2.75) is 12.0 Å². The van der Waals surface area contributed by atoms with Crippen molar-refractivity contribution in [3.8, 4) is 5.75 Å². The van der Waals surface area contributed by atoms with Gasteiger partial charge in [0.15, 0.2) is 0 Å². The fraction of sp³-hybridized carbons (Fsp3) is 0.333. The van der Waals surface area contributed by atoms with E-state index in [0.717, 1.165) is 24.4 Å². The van der Waals surface area contributed by atoms with E-state index in [2.05, 4.69) is 5.32 Å². The van der Waals surface area contributed by atoms with Gasteiger partial charge in [0.2, 0.25) is 0 Å². The number of rotatable bonds is 4. The summed E-state index contributed by atoms with van der Waals surface area (Å²) in [6.45, 7) is 2.82. The number of hydrogen-bond acceptors (Lipinski definition) is 3. The molecule has 0 saturated carbocycles. The topological polar surface area (TPSA) is 30.5 Å². The number of para-hydroxylation sites is 1. The molecule has 1 aliphatic heterocycles. The van der Waals surface area contributed by atoms with E-state index in [-0.39, 0.29) is 12.0 Å². The van der Waals surface area contributed by atoms with Crippen LogP contribution in [0.4, 0.5) is 0 Å². The first kappa shape index (κ1) is 16.6. The third-order valence-electron chi connectivity index (χ3n) is 3.95. The summed E-state index contributed by atoms with van der Waals surface area (Å²) < 4.78 is 11.9. The van der Waals surface area contributed by atoms with Gasteiger partial charge in [0, 0.05) is 19.0 Å². The maximum atomic E-state index is 6.17. The molecule has 0 aliphatic carbocycles. The molecule has 3 rings (SSSR count). The Labute approximate surface area is 146 Å². The van der Waals surface area contributed by atoms with E-state index in [1.165, 1.54) is 0 Å². The molecule has 23 heavy (non-hydrogen) atoms. The lowest BCUT2D eigenvalue weighted by molar-refractivity contribution is 0.0181. The Morgan fingerprint density at radius 1 is 1.09 bits per heavy atom. The molecule has 1 heterocycles. The van der Waals surface area contributed by atoms with Crippen molar-refractivity contribution in [2.24, 2.45) is 0 Å². The van der Waals surface area contributed by atoms with Crippen LogP contribution in [0.25, 0.3) is 0 Å². The van der Waals surface area contributed by atoms with Crippen molar-refractivity contribution >= 4 is 23.2 Å². The average Bonchev–Trinajstić information content (AvgIpc) is 2.82. The molecular weight excluding hydrogens is 333 g/mol. The standard InChI is InChI=1S/C18H19Cl2NO2/c19-16-7-6-13(10-17(16)20)15-11-21-8-9-22-18(15)12-23-14-4-2-1-3-5-14/h1-7,10,15,18,21H,8-9,11-12H2. The second kappa shape index (κ2) is 8.02. The normalized spacial score (nSPS) is 21.7.